The number of aliphatic carboxylic acids is 1. The van der Waals surface area contributed by atoms with Crippen LogP contribution in [0.1, 0.15) is 5.56 Å². The number of hydrogen-bond acceptors (Lipinski definition) is 3. The zero-order valence-corrected chi connectivity index (χ0v) is 11.3. The Morgan fingerprint density at radius 3 is 2.86 bits per heavy atom. The van der Waals surface area contributed by atoms with Gasteiger partial charge in [-0.15, -0.1) is 0 Å². The zero-order valence-electron chi connectivity index (χ0n) is 11.3. The van der Waals surface area contributed by atoms with E-state index in [1.807, 2.05) is 36.4 Å². The van der Waals surface area contributed by atoms with E-state index in [0.29, 0.717) is 13.1 Å². The molecule has 1 aromatic carbocycles. The number of carbonyl (C=O) groups excluding carboxylic acids is 1. The Bertz CT molecular complexity index is 641. The lowest BCUT2D eigenvalue weighted by Crippen LogP contribution is -2.39. The molecule has 2 fully saturated rings. The molecule has 0 aliphatic carbocycles. The number of rotatable bonds is 3. The molecule has 5 heteroatoms. The molecule has 1 spiro atoms. The minimum atomic E-state index is -0.953. The lowest BCUT2D eigenvalue weighted by atomic mass is 9.77. The van der Waals surface area contributed by atoms with Crippen LogP contribution in [-0.2, 0) is 20.9 Å². The van der Waals surface area contributed by atoms with Crippen molar-refractivity contribution in [3.05, 3.63) is 48.0 Å². The number of carbonyl (C=O) groups is 2. The average Bonchev–Trinajstić information content (AvgIpc) is 3.09. The van der Waals surface area contributed by atoms with Gasteiger partial charge in [-0.1, -0.05) is 42.5 Å². The second-order valence-electron chi connectivity index (χ2n) is 5.92. The zero-order chi connectivity index (χ0) is 14.6. The summed E-state index contributed by atoms with van der Waals surface area (Å²) < 4.78 is 5.84. The van der Waals surface area contributed by atoms with Crippen molar-refractivity contribution in [2.75, 3.05) is 6.54 Å². The van der Waals surface area contributed by atoms with E-state index in [0.717, 1.165) is 5.56 Å². The monoisotopic (exact) mass is 285 g/mol. The van der Waals surface area contributed by atoms with Gasteiger partial charge < -0.3 is 14.7 Å². The van der Waals surface area contributed by atoms with Crippen molar-refractivity contribution in [3.8, 4) is 0 Å². The van der Waals surface area contributed by atoms with E-state index in [1.54, 1.807) is 11.0 Å². The van der Waals surface area contributed by atoms with Crippen molar-refractivity contribution in [1.29, 1.82) is 0 Å². The molecule has 3 aliphatic heterocycles. The SMILES string of the molecule is O=C(O)C1C2C=CC3(CN(Cc4ccccc4)C(=O)[C@@H]13)O2. The van der Waals surface area contributed by atoms with Gasteiger partial charge in [0.25, 0.3) is 0 Å². The third-order valence-electron chi connectivity index (χ3n) is 4.68. The maximum atomic E-state index is 12.6. The van der Waals surface area contributed by atoms with Gasteiger partial charge in [0.05, 0.1) is 18.6 Å². The fourth-order valence-electron chi connectivity index (χ4n) is 3.80. The van der Waals surface area contributed by atoms with Crippen LogP contribution in [0.3, 0.4) is 0 Å². The van der Waals surface area contributed by atoms with Gasteiger partial charge in [0.2, 0.25) is 5.91 Å². The van der Waals surface area contributed by atoms with E-state index >= 15 is 0 Å². The molecule has 2 bridgehead atoms. The van der Waals surface area contributed by atoms with Crippen molar-refractivity contribution in [2.45, 2.75) is 18.2 Å². The number of hydrogen-bond donors (Lipinski definition) is 1. The van der Waals surface area contributed by atoms with Crippen LogP contribution in [0, 0.1) is 11.8 Å². The molecule has 0 aromatic heterocycles. The molecule has 0 radical (unpaired) electrons. The van der Waals surface area contributed by atoms with Crippen LogP contribution in [0.4, 0.5) is 0 Å². The second kappa shape index (κ2) is 4.18. The first-order valence-corrected chi connectivity index (χ1v) is 7.03. The van der Waals surface area contributed by atoms with Gasteiger partial charge >= 0.3 is 5.97 Å². The lowest BCUT2D eigenvalue weighted by molar-refractivity contribution is -0.148. The topological polar surface area (TPSA) is 66.8 Å². The highest BCUT2D eigenvalue weighted by Gasteiger charge is 2.66. The van der Waals surface area contributed by atoms with Crippen molar-refractivity contribution in [3.63, 3.8) is 0 Å². The molecule has 3 aliphatic rings. The third kappa shape index (κ3) is 1.67. The number of nitrogens with zero attached hydrogens (tertiary/aromatic N) is 1. The number of ether oxygens (including phenoxy) is 1. The molecule has 0 saturated carbocycles. The molecule has 3 unspecified atom stereocenters. The van der Waals surface area contributed by atoms with Crippen LogP contribution in [-0.4, -0.2) is 40.1 Å². The summed E-state index contributed by atoms with van der Waals surface area (Å²) in [6, 6.07) is 9.70. The first kappa shape index (κ1) is 12.6. The van der Waals surface area contributed by atoms with Crippen molar-refractivity contribution >= 4 is 11.9 Å². The molecule has 5 nitrogen and oxygen atoms in total. The fourth-order valence-corrected chi connectivity index (χ4v) is 3.80. The minimum Gasteiger partial charge on any atom is -0.481 e. The van der Waals surface area contributed by atoms with Gasteiger partial charge in [-0.2, -0.15) is 0 Å². The number of carboxylic acid groups (broad SMARTS) is 1. The van der Waals surface area contributed by atoms with Gasteiger partial charge in [-0.25, -0.2) is 0 Å². The normalized spacial score (nSPS) is 36.3. The molecule has 1 aromatic rings. The first-order valence-electron chi connectivity index (χ1n) is 7.03. The highest BCUT2D eigenvalue weighted by atomic mass is 16.5. The number of likely N-dealkylation sites (tertiary alicyclic amines) is 1. The summed E-state index contributed by atoms with van der Waals surface area (Å²) in [5.41, 5.74) is 0.298. The quantitative estimate of drug-likeness (QED) is 0.843. The largest absolute Gasteiger partial charge is 0.481 e. The van der Waals surface area contributed by atoms with Crippen LogP contribution >= 0.6 is 0 Å². The standard InChI is InChI=1S/C16H15NO4/c18-14-13-12(15(19)20)11-6-7-16(13,21-11)9-17(14)8-10-4-2-1-3-5-10/h1-7,11-13H,8-9H2,(H,19,20)/t11?,12?,13-,16?/m1/s1. The molecule has 4 atom stereocenters. The van der Waals surface area contributed by atoms with E-state index in [-0.39, 0.29) is 5.91 Å². The Morgan fingerprint density at radius 2 is 2.14 bits per heavy atom. The second-order valence-corrected chi connectivity index (χ2v) is 5.92. The molecule has 1 amide bonds. The van der Waals surface area contributed by atoms with Crippen LogP contribution in [0.15, 0.2) is 42.5 Å². The molecule has 1 N–H and O–H groups in total. The first-order chi connectivity index (χ1) is 10.1. The van der Waals surface area contributed by atoms with Gasteiger partial charge in [-0.05, 0) is 5.56 Å². The maximum absolute atomic E-state index is 12.6. The average molecular weight is 285 g/mol. The number of carboxylic acids is 1. The molecule has 4 rings (SSSR count). The Balaban J connectivity index is 1.63. The van der Waals surface area contributed by atoms with E-state index in [2.05, 4.69) is 0 Å². The van der Waals surface area contributed by atoms with Crippen molar-refractivity contribution in [1.82, 2.24) is 4.90 Å². The van der Waals surface area contributed by atoms with Gasteiger partial charge in [0, 0.05) is 6.54 Å². The van der Waals surface area contributed by atoms with Gasteiger partial charge in [-0.3, -0.25) is 9.59 Å². The lowest BCUT2D eigenvalue weighted by Gasteiger charge is -2.21. The summed E-state index contributed by atoms with van der Waals surface area (Å²) in [7, 11) is 0. The Hall–Kier alpha value is -2.14. The van der Waals surface area contributed by atoms with Crippen LogP contribution in [0.5, 0.6) is 0 Å². The third-order valence-corrected chi connectivity index (χ3v) is 4.68. The summed E-state index contributed by atoms with van der Waals surface area (Å²) in [6.07, 6.45) is 3.20. The fraction of sp³-hybridized carbons (Fsp3) is 0.375. The predicted molar refractivity (Wildman–Crippen MR) is 73.2 cm³/mol. The smallest absolute Gasteiger partial charge is 0.310 e. The Labute approximate surface area is 121 Å². The highest BCUT2D eigenvalue weighted by Crippen LogP contribution is 2.52. The van der Waals surface area contributed by atoms with E-state index < -0.39 is 29.5 Å². The number of amides is 1. The molecule has 2 saturated heterocycles. The van der Waals surface area contributed by atoms with E-state index in [1.165, 1.54) is 0 Å². The molecule has 108 valence electrons. The van der Waals surface area contributed by atoms with Gasteiger partial charge in [0.15, 0.2) is 0 Å². The predicted octanol–water partition coefficient (Wildman–Crippen LogP) is 1.05. The van der Waals surface area contributed by atoms with E-state index in [9.17, 15) is 14.7 Å². The minimum absolute atomic E-state index is 0.113. The summed E-state index contributed by atoms with van der Waals surface area (Å²) in [4.78, 5) is 25.8. The van der Waals surface area contributed by atoms with Crippen LogP contribution < -0.4 is 0 Å². The molecule has 3 heterocycles. The number of fused-ring (bicyclic) bond motifs is 1. The Morgan fingerprint density at radius 1 is 1.38 bits per heavy atom. The molecular formula is C16H15NO4. The van der Waals surface area contributed by atoms with Crippen LogP contribution in [0.2, 0.25) is 0 Å². The van der Waals surface area contributed by atoms with E-state index in [4.69, 9.17) is 4.74 Å². The van der Waals surface area contributed by atoms with Crippen LogP contribution in [0.25, 0.3) is 0 Å². The summed E-state index contributed by atoms with van der Waals surface area (Å²) >= 11 is 0. The van der Waals surface area contributed by atoms with Crippen molar-refractivity contribution in [2.24, 2.45) is 11.8 Å². The maximum Gasteiger partial charge on any atom is 0.310 e. The summed E-state index contributed by atoms with van der Waals surface area (Å²) in [6.45, 7) is 0.925. The van der Waals surface area contributed by atoms with Crippen molar-refractivity contribution < 1.29 is 19.4 Å². The summed E-state index contributed by atoms with van der Waals surface area (Å²) in [5.74, 6) is -2.42. The highest BCUT2D eigenvalue weighted by molar-refractivity contribution is 5.90. The van der Waals surface area contributed by atoms with Gasteiger partial charge in [0.1, 0.15) is 11.5 Å². The Kier molecular flexibility index (Phi) is 2.50. The number of benzene rings is 1. The molecular weight excluding hydrogens is 270 g/mol. The summed E-state index contributed by atoms with van der Waals surface area (Å²) in [5, 5.41) is 9.39. The molecule has 21 heavy (non-hydrogen) atoms.